The zero-order valence-electron chi connectivity index (χ0n) is 16.6. The Morgan fingerprint density at radius 2 is 1.93 bits per heavy atom. The second-order valence-electron chi connectivity index (χ2n) is 6.08. The summed E-state index contributed by atoms with van der Waals surface area (Å²) in [6.07, 6.45) is 3.72. The quantitative estimate of drug-likeness (QED) is 0.347. The van der Waals surface area contributed by atoms with E-state index in [9.17, 15) is 4.39 Å². The van der Waals surface area contributed by atoms with Crippen molar-refractivity contribution in [2.75, 3.05) is 26.3 Å². The van der Waals surface area contributed by atoms with Gasteiger partial charge in [0.05, 0.1) is 6.54 Å². The first-order valence-corrected chi connectivity index (χ1v) is 9.69. The van der Waals surface area contributed by atoms with Gasteiger partial charge in [0.1, 0.15) is 11.6 Å². The van der Waals surface area contributed by atoms with Crippen LogP contribution in [-0.4, -0.2) is 37.2 Å². The summed E-state index contributed by atoms with van der Waals surface area (Å²) in [5.74, 6) is 1.46. The van der Waals surface area contributed by atoms with Crippen LogP contribution in [0.3, 0.4) is 0 Å². The maximum absolute atomic E-state index is 13.0. The van der Waals surface area contributed by atoms with E-state index in [2.05, 4.69) is 20.6 Å². The summed E-state index contributed by atoms with van der Waals surface area (Å²) in [5.41, 5.74) is 0.973. The molecule has 0 saturated heterocycles. The van der Waals surface area contributed by atoms with Gasteiger partial charge in [-0.15, -0.1) is 0 Å². The SMILES string of the molecule is CCNC(=NCc1ccnc(Oc2ccc(F)cc2)c1)NCCCCOCC. The van der Waals surface area contributed by atoms with E-state index in [-0.39, 0.29) is 5.82 Å². The van der Waals surface area contributed by atoms with Crippen molar-refractivity contribution in [1.29, 1.82) is 0 Å². The molecule has 0 fully saturated rings. The Morgan fingerprint density at radius 1 is 1.11 bits per heavy atom. The van der Waals surface area contributed by atoms with E-state index in [1.165, 1.54) is 12.1 Å². The number of halogens is 1. The van der Waals surface area contributed by atoms with Gasteiger partial charge in [0, 0.05) is 38.6 Å². The summed E-state index contributed by atoms with van der Waals surface area (Å²) in [7, 11) is 0. The first kappa shape index (κ1) is 21.6. The molecule has 0 aliphatic carbocycles. The van der Waals surface area contributed by atoms with Crippen LogP contribution in [0.5, 0.6) is 11.6 Å². The Kier molecular flexibility index (Phi) is 9.79. The summed E-state index contributed by atoms with van der Waals surface area (Å²) in [4.78, 5) is 8.81. The van der Waals surface area contributed by atoms with Gasteiger partial charge in [0.25, 0.3) is 0 Å². The van der Waals surface area contributed by atoms with E-state index in [4.69, 9.17) is 9.47 Å². The number of ether oxygens (including phenoxy) is 2. The molecule has 1 aromatic heterocycles. The number of hydrogen-bond acceptors (Lipinski definition) is 4. The maximum Gasteiger partial charge on any atom is 0.219 e. The lowest BCUT2D eigenvalue weighted by atomic mass is 10.2. The predicted molar refractivity (Wildman–Crippen MR) is 109 cm³/mol. The molecule has 0 amide bonds. The van der Waals surface area contributed by atoms with Gasteiger partial charge in [-0.3, -0.25) is 0 Å². The van der Waals surface area contributed by atoms with Crippen molar-refractivity contribution in [3.05, 3.63) is 54.0 Å². The standard InChI is InChI=1S/C21H29FN4O2/c1-3-23-21(25-12-5-6-14-27-4-2)26-16-17-11-13-24-20(15-17)28-19-9-7-18(22)8-10-19/h7-11,13,15H,3-6,12,14,16H2,1-2H3,(H2,23,25,26). The minimum atomic E-state index is -0.301. The van der Waals surface area contributed by atoms with Gasteiger partial charge < -0.3 is 20.1 Å². The molecule has 2 rings (SSSR count). The number of nitrogens with zero attached hydrogens (tertiary/aromatic N) is 2. The van der Waals surface area contributed by atoms with Crippen LogP contribution in [0.15, 0.2) is 47.6 Å². The smallest absolute Gasteiger partial charge is 0.219 e. The van der Waals surface area contributed by atoms with E-state index in [0.717, 1.165) is 50.7 Å². The minimum absolute atomic E-state index is 0.301. The number of unbranched alkanes of at least 4 members (excludes halogenated alkanes) is 1. The number of guanidine groups is 1. The maximum atomic E-state index is 13.0. The number of rotatable bonds is 11. The van der Waals surface area contributed by atoms with Gasteiger partial charge in [-0.2, -0.15) is 0 Å². The largest absolute Gasteiger partial charge is 0.439 e. The van der Waals surface area contributed by atoms with Crippen LogP contribution in [0.25, 0.3) is 0 Å². The second-order valence-corrected chi connectivity index (χ2v) is 6.08. The van der Waals surface area contributed by atoms with Gasteiger partial charge in [0.2, 0.25) is 5.88 Å². The fourth-order valence-electron chi connectivity index (χ4n) is 2.42. The molecular weight excluding hydrogens is 359 g/mol. The van der Waals surface area contributed by atoms with Crippen LogP contribution in [0.1, 0.15) is 32.3 Å². The lowest BCUT2D eigenvalue weighted by Gasteiger charge is -2.11. The molecule has 0 saturated carbocycles. The number of benzene rings is 1. The predicted octanol–water partition coefficient (Wildman–Crippen LogP) is 3.88. The fourth-order valence-corrected chi connectivity index (χ4v) is 2.42. The van der Waals surface area contributed by atoms with Gasteiger partial charge >= 0.3 is 0 Å². The highest BCUT2D eigenvalue weighted by Crippen LogP contribution is 2.20. The van der Waals surface area contributed by atoms with Crippen molar-refractivity contribution in [1.82, 2.24) is 15.6 Å². The molecule has 0 aliphatic heterocycles. The Morgan fingerprint density at radius 3 is 2.68 bits per heavy atom. The van der Waals surface area contributed by atoms with Crippen LogP contribution >= 0.6 is 0 Å². The summed E-state index contributed by atoms with van der Waals surface area (Å²) in [6.45, 7) is 7.72. The molecule has 28 heavy (non-hydrogen) atoms. The molecule has 2 N–H and O–H groups in total. The fraction of sp³-hybridized carbons (Fsp3) is 0.429. The van der Waals surface area contributed by atoms with Crippen molar-refractivity contribution in [3.8, 4) is 11.6 Å². The molecular formula is C21H29FN4O2. The zero-order valence-corrected chi connectivity index (χ0v) is 16.6. The van der Waals surface area contributed by atoms with E-state index in [1.54, 1.807) is 18.3 Å². The third kappa shape index (κ3) is 8.35. The van der Waals surface area contributed by atoms with Gasteiger partial charge in [-0.1, -0.05) is 0 Å². The van der Waals surface area contributed by atoms with Gasteiger partial charge in [-0.05, 0) is 62.6 Å². The second kappa shape index (κ2) is 12.7. The van der Waals surface area contributed by atoms with Crippen LogP contribution < -0.4 is 15.4 Å². The van der Waals surface area contributed by atoms with E-state index in [0.29, 0.717) is 18.2 Å². The summed E-state index contributed by atoms with van der Waals surface area (Å²) in [6, 6.07) is 9.57. The van der Waals surface area contributed by atoms with Gasteiger partial charge in [0.15, 0.2) is 5.96 Å². The molecule has 7 heteroatoms. The summed E-state index contributed by atoms with van der Waals surface area (Å²) < 4.78 is 24.0. The Labute approximate surface area is 166 Å². The summed E-state index contributed by atoms with van der Waals surface area (Å²) in [5, 5.41) is 6.57. The molecule has 0 atom stereocenters. The lowest BCUT2D eigenvalue weighted by molar-refractivity contribution is 0.143. The molecule has 0 spiro atoms. The van der Waals surface area contributed by atoms with Crippen LogP contribution in [0, 0.1) is 5.82 Å². The van der Waals surface area contributed by atoms with E-state index >= 15 is 0 Å². The van der Waals surface area contributed by atoms with Crippen molar-refractivity contribution in [2.24, 2.45) is 4.99 Å². The average molecular weight is 388 g/mol. The lowest BCUT2D eigenvalue weighted by Crippen LogP contribution is -2.37. The van der Waals surface area contributed by atoms with Crippen LogP contribution in [0.2, 0.25) is 0 Å². The molecule has 1 aromatic carbocycles. The van der Waals surface area contributed by atoms with Crippen LogP contribution in [0.4, 0.5) is 4.39 Å². The highest BCUT2D eigenvalue weighted by atomic mass is 19.1. The number of aliphatic imine (C=N–C) groups is 1. The number of nitrogens with one attached hydrogen (secondary N) is 2. The van der Waals surface area contributed by atoms with Crippen molar-refractivity contribution in [2.45, 2.75) is 33.2 Å². The monoisotopic (exact) mass is 388 g/mol. The molecule has 0 unspecified atom stereocenters. The minimum Gasteiger partial charge on any atom is -0.439 e. The molecule has 2 aromatic rings. The zero-order chi connectivity index (χ0) is 20.0. The molecule has 0 aliphatic rings. The topological polar surface area (TPSA) is 67.8 Å². The number of pyridine rings is 1. The van der Waals surface area contributed by atoms with E-state index in [1.807, 2.05) is 26.0 Å². The van der Waals surface area contributed by atoms with Gasteiger partial charge in [-0.25, -0.2) is 14.4 Å². The Hall–Kier alpha value is -2.67. The molecule has 152 valence electrons. The average Bonchev–Trinajstić information content (AvgIpc) is 2.71. The third-order valence-corrected chi connectivity index (χ3v) is 3.81. The molecule has 0 bridgehead atoms. The first-order valence-electron chi connectivity index (χ1n) is 9.69. The van der Waals surface area contributed by atoms with Crippen LogP contribution in [-0.2, 0) is 11.3 Å². The van der Waals surface area contributed by atoms with Crippen molar-refractivity contribution in [3.63, 3.8) is 0 Å². The first-order chi connectivity index (χ1) is 13.7. The summed E-state index contributed by atoms with van der Waals surface area (Å²) >= 11 is 0. The number of hydrogen-bond donors (Lipinski definition) is 2. The van der Waals surface area contributed by atoms with Crippen molar-refractivity contribution < 1.29 is 13.9 Å². The number of aromatic nitrogens is 1. The highest BCUT2D eigenvalue weighted by molar-refractivity contribution is 5.79. The Balaban J connectivity index is 1.87. The molecule has 1 heterocycles. The highest BCUT2D eigenvalue weighted by Gasteiger charge is 2.02. The molecule has 0 radical (unpaired) electrons. The van der Waals surface area contributed by atoms with E-state index < -0.39 is 0 Å². The van der Waals surface area contributed by atoms with Crippen molar-refractivity contribution >= 4 is 5.96 Å². The third-order valence-electron chi connectivity index (χ3n) is 3.81. The Bertz CT molecular complexity index is 723. The molecule has 6 nitrogen and oxygen atoms in total. The normalized spacial score (nSPS) is 11.3.